The number of sulfonamides is 1. The van der Waals surface area contributed by atoms with Crippen molar-refractivity contribution in [2.45, 2.75) is 32.2 Å². The van der Waals surface area contributed by atoms with Gasteiger partial charge in [-0.25, -0.2) is 26.7 Å². The Morgan fingerprint density at radius 2 is 2.03 bits per heavy atom. The highest BCUT2D eigenvalue weighted by molar-refractivity contribution is 7.89. The second-order valence-corrected chi connectivity index (χ2v) is 8.75. The maximum Gasteiger partial charge on any atom is 0.324 e. The highest BCUT2D eigenvalue weighted by Crippen LogP contribution is 2.28. The van der Waals surface area contributed by atoms with Gasteiger partial charge in [0.2, 0.25) is 15.9 Å². The lowest BCUT2D eigenvalue weighted by Crippen LogP contribution is -2.30. The summed E-state index contributed by atoms with van der Waals surface area (Å²) in [5.74, 6) is -2.98. The summed E-state index contributed by atoms with van der Waals surface area (Å²) in [4.78, 5) is 23.9. The van der Waals surface area contributed by atoms with Crippen molar-refractivity contribution in [2.75, 3.05) is 25.4 Å². The Morgan fingerprint density at radius 3 is 2.67 bits per heavy atom. The van der Waals surface area contributed by atoms with Crippen molar-refractivity contribution in [3.63, 3.8) is 0 Å². The van der Waals surface area contributed by atoms with Gasteiger partial charge in [-0.05, 0) is 25.8 Å². The third kappa shape index (κ3) is 6.49. The molecular weight excluding hydrogens is 420 g/mol. The van der Waals surface area contributed by atoms with Gasteiger partial charge < -0.3 is 9.64 Å². The van der Waals surface area contributed by atoms with Gasteiger partial charge in [-0.1, -0.05) is 25.1 Å². The van der Waals surface area contributed by atoms with Gasteiger partial charge in [0.15, 0.2) is 17.4 Å². The van der Waals surface area contributed by atoms with Crippen LogP contribution < -0.4 is 14.8 Å². The van der Waals surface area contributed by atoms with Crippen LogP contribution in [0.5, 0.6) is 5.75 Å². The molecule has 1 heterocycles. The molecule has 0 aliphatic carbocycles. The Hall–Kier alpha value is -2.53. The van der Waals surface area contributed by atoms with E-state index < -0.39 is 39.5 Å². The fourth-order valence-electron chi connectivity index (χ4n) is 2.98. The predicted molar refractivity (Wildman–Crippen MR) is 106 cm³/mol. The first-order chi connectivity index (χ1) is 14.1. The summed E-state index contributed by atoms with van der Waals surface area (Å²) in [6.45, 7) is 5.14. The third-order valence-electron chi connectivity index (χ3n) is 4.46. The zero-order valence-corrected chi connectivity index (χ0v) is 17.4. The van der Waals surface area contributed by atoms with E-state index in [4.69, 9.17) is 4.74 Å². The summed E-state index contributed by atoms with van der Waals surface area (Å²) in [6.07, 6.45) is 2.73. The summed E-state index contributed by atoms with van der Waals surface area (Å²) >= 11 is 0. The molecule has 11 heteroatoms. The van der Waals surface area contributed by atoms with Crippen LogP contribution >= 0.6 is 0 Å². The third-order valence-corrected chi connectivity index (χ3v) is 6.00. The van der Waals surface area contributed by atoms with Crippen LogP contribution in [0.2, 0.25) is 0 Å². The summed E-state index contributed by atoms with van der Waals surface area (Å²) in [5.41, 5.74) is -0.0382. The number of benzene rings is 1. The zero-order valence-electron chi connectivity index (χ0n) is 16.6. The van der Waals surface area contributed by atoms with Gasteiger partial charge in [0.05, 0.1) is 5.75 Å². The van der Waals surface area contributed by atoms with E-state index in [2.05, 4.69) is 16.6 Å². The van der Waals surface area contributed by atoms with Crippen molar-refractivity contribution < 1.29 is 31.5 Å². The first-order valence-electron chi connectivity index (χ1n) is 9.45. The van der Waals surface area contributed by atoms with Crippen LogP contribution in [-0.2, 0) is 14.8 Å². The second kappa shape index (κ2) is 10.5. The van der Waals surface area contributed by atoms with Crippen LogP contribution in [0.1, 0.15) is 37.8 Å². The topological polar surface area (TPSA) is 105 Å². The Morgan fingerprint density at radius 1 is 1.30 bits per heavy atom. The second-order valence-electron chi connectivity index (χ2n) is 6.87. The van der Waals surface area contributed by atoms with Crippen molar-refractivity contribution in [3.8, 4) is 5.75 Å². The summed E-state index contributed by atoms with van der Waals surface area (Å²) in [5, 5.41) is 2.17. The fraction of sp³-hybridized carbons (Fsp3) is 0.474. The van der Waals surface area contributed by atoms with Crippen LogP contribution in [0, 0.1) is 11.6 Å². The van der Waals surface area contributed by atoms with Crippen LogP contribution in [0.3, 0.4) is 0 Å². The highest BCUT2D eigenvalue weighted by atomic mass is 32.2. The molecule has 0 spiro atoms. The number of carbonyl (C=O) groups excluding carboxylic acids is 2. The van der Waals surface area contributed by atoms with Gasteiger partial charge in [-0.15, -0.1) is 0 Å². The molecule has 0 saturated carbocycles. The normalized spacial score (nSPS) is 15.2. The van der Waals surface area contributed by atoms with E-state index in [1.165, 1.54) is 24.0 Å². The molecule has 2 N–H and O–H groups in total. The van der Waals surface area contributed by atoms with Crippen molar-refractivity contribution in [3.05, 3.63) is 42.0 Å². The van der Waals surface area contributed by atoms with Crippen LogP contribution in [-0.4, -0.2) is 50.7 Å². The monoisotopic (exact) mass is 445 g/mol. The van der Waals surface area contributed by atoms with E-state index >= 15 is 0 Å². The van der Waals surface area contributed by atoms with E-state index in [0.717, 1.165) is 6.07 Å². The number of ether oxygens (including phenoxy) is 1. The van der Waals surface area contributed by atoms with Crippen LogP contribution in [0.15, 0.2) is 24.8 Å². The van der Waals surface area contributed by atoms with Gasteiger partial charge in [0, 0.05) is 18.2 Å². The van der Waals surface area contributed by atoms with Gasteiger partial charge in [0.25, 0.3) is 0 Å². The number of carbonyl (C=O) groups is 2. The SMILES string of the molecule is C=CCOc1c(F)ccc([C@H](C)NS(=O)(=O)CCCCCN2CC(=O)NC2=O)c1F. The molecular formula is C19H25F2N3O5S. The van der Waals surface area contributed by atoms with Crippen LogP contribution in [0.4, 0.5) is 13.6 Å². The minimum absolute atomic E-state index is 0.0118. The van der Waals surface area contributed by atoms with Crippen molar-refractivity contribution >= 4 is 22.0 Å². The maximum atomic E-state index is 14.5. The number of halogens is 2. The average molecular weight is 445 g/mol. The van der Waals surface area contributed by atoms with Gasteiger partial charge in [-0.2, -0.15) is 0 Å². The number of nitrogens with one attached hydrogen (secondary N) is 2. The molecule has 0 aromatic heterocycles. The molecule has 1 saturated heterocycles. The molecule has 1 aliphatic heterocycles. The molecule has 1 aromatic rings. The average Bonchev–Trinajstić information content (AvgIpc) is 2.98. The quantitative estimate of drug-likeness (QED) is 0.292. The van der Waals surface area contributed by atoms with Crippen molar-refractivity contribution in [1.82, 2.24) is 14.9 Å². The molecule has 0 radical (unpaired) electrons. The van der Waals surface area contributed by atoms with E-state index in [1.807, 2.05) is 0 Å². The van der Waals surface area contributed by atoms with Gasteiger partial charge >= 0.3 is 6.03 Å². The molecule has 1 aliphatic rings. The molecule has 3 amide bonds. The van der Waals surface area contributed by atoms with Crippen molar-refractivity contribution in [2.24, 2.45) is 0 Å². The molecule has 1 atom stereocenters. The Kier molecular flexibility index (Phi) is 8.30. The summed E-state index contributed by atoms with van der Waals surface area (Å²) < 4.78 is 60.3. The number of nitrogens with zero attached hydrogens (tertiary/aromatic N) is 1. The largest absolute Gasteiger partial charge is 0.483 e. The number of imide groups is 1. The number of amides is 3. The smallest absolute Gasteiger partial charge is 0.324 e. The molecule has 8 nitrogen and oxygen atoms in total. The highest BCUT2D eigenvalue weighted by Gasteiger charge is 2.26. The standard InChI is InChI=1S/C19H25F2N3O5S/c1-3-10-29-18-15(20)8-7-14(17(18)21)13(2)23-30(27,28)11-6-4-5-9-24-12-16(25)22-19(24)26/h3,7-8,13,23H,1,4-6,9-12H2,2H3,(H,22,25,26)/t13-/m0/s1. The lowest BCUT2D eigenvalue weighted by atomic mass is 10.1. The molecule has 1 fully saturated rings. The minimum atomic E-state index is -3.72. The molecule has 0 unspecified atom stereocenters. The van der Waals surface area contributed by atoms with Gasteiger partial charge in [-0.3, -0.25) is 10.1 Å². The lowest BCUT2D eigenvalue weighted by Gasteiger charge is -2.17. The zero-order chi connectivity index (χ0) is 22.3. The van der Waals surface area contributed by atoms with E-state index in [1.54, 1.807) is 0 Å². The number of urea groups is 1. The molecule has 0 bridgehead atoms. The van der Waals surface area contributed by atoms with E-state index in [-0.39, 0.29) is 30.4 Å². The van der Waals surface area contributed by atoms with E-state index in [0.29, 0.717) is 25.8 Å². The van der Waals surface area contributed by atoms with E-state index in [9.17, 15) is 26.8 Å². The number of rotatable bonds is 12. The number of unbranched alkanes of at least 4 members (excludes halogenated alkanes) is 2. The predicted octanol–water partition coefficient (Wildman–Crippen LogP) is 2.23. The Balaban J connectivity index is 1.85. The Bertz CT molecular complexity index is 908. The maximum absolute atomic E-state index is 14.5. The fourth-order valence-corrected chi connectivity index (χ4v) is 4.35. The minimum Gasteiger partial charge on any atom is -0.483 e. The Labute approximate surface area is 174 Å². The molecule has 2 rings (SSSR count). The summed E-state index contributed by atoms with van der Waals surface area (Å²) in [7, 11) is -3.72. The molecule has 166 valence electrons. The molecule has 30 heavy (non-hydrogen) atoms. The summed E-state index contributed by atoms with van der Waals surface area (Å²) in [6, 6.07) is 0.809. The first-order valence-corrected chi connectivity index (χ1v) is 11.1. The number of hydrogen-bond acceptors (Lipinski definition) is 5. The van der Waals surface area contributed by atoms with Gasteiger partial charge in [0.1, 0.15) is 13.2 Å². The number of hydrogen-bond donors (Lipinski definition) is 2. The molecule has 1 aromatic carbocycles. The first kappa shape index (κ1) is 23.7. The lowest BCUT2D eigenvalue weighted by molar-refractivity contribution is -0.118. The van der Waals surface area contributed by atoms with Crippen molar-refractivity contribution in [1.29, 1.82) is 0 Å². The van der Waals surface area contributed by atoms with Crippen LogP contribution in [0.25, 0.3) is 0 Å².